The van der Waals surface area contributed by atoms with E-state index in [0.29, 0.717) is 0 Å². The third-order valence-corrected chi connectivity index (χ3v) is 3.93. The van der Waals surface area contributed by atoms with Crippen molar-refractivity contribution in [3.05, 3.63) is 42.4 Å². The lowest BCUT2D eigenvalue weighted by molar-refractivity contribution is 0.122. The summed E-state index contributed by atoms with van der Waals surface area (Å²) in [6, 6.07) is 8.26. The smallest absolute Gasteiger partial charge is 0.168 e. The third kappa shape index (κ3) is 2.21. The Morgan fingerprint density at radius 1 is 1.05 bits per heavy atom. The van der Waals surface area contributed by atoms with Gasteiger partial charge in [-0.25, -0.2) is 14.6 Å². The molecule has 6 heteroatoms. The van der Waals surface area contributed by atoms with Gasteiger partial charge in [-0.1, -0.05) is 17.7 Å². The maximum absolute atomic E-state index is 5.41. The van der Waals surface area contributed by atoms with Crippen LogP contribution in [0.5, 0.6) is 0 Å². The summed E-state index contributed by atoms with van der Waals surface area (Å²) in [6.45, 7) is 5.24. The highest BCUT2D eigenvalue weighted by molar-refractivity contribution is 5.87. The second-order valence-corrected chi connectivity index (χ2v) is 5.43. The number of aromatic nitrogens is 4. The van der Waals surface area contributed by atoms with Gasteiger partial charge in [-0.3, -0.25) is 0 Å². The Kier molecular flexibility index (Phi) is 3.23. The normalized spacial score (nSPS) is 15.4. The van der Waals surface area contributed by atoms with Crippen molar-refractivity contribution < 1.29 is 4.74 Å². The zero-order chi connectivity index (χ0) is 14.9. The van der Waals surface area contributed by atoms with Crippen molar-refractivity contribution in [2.45, 2.75) is 6.92 Å². The second-order valence-electron chi connectivity index (χ2n) is 5.43. The summed E-state index contributed by atoms with van der Waals surface area (Å²) in [5.41, 5.74) is 3.07. The minimum atomic E-state index is 0.734. The molecule has 0 spiro atoms. The zero-order valence-electron chi connectivity index (χ0n) is 12.4. The molecule has 1 saturated heterocycles. The van der Waals surface area contributed by atoms with E-state index in [1.165, 1.54) is 5.56 Å². The minimum Gasteiger partial charge on any atom is -0.378 e. The first kappa shape index (κ1) is 13.2. The van der Waals surface area contributed by atoms with Gasteiger partial charge in [-0.15, -0.1) is 0 Å². The van der Waals surface area contributed by atoms with Crippen molar-refractivity contribution in [1.29, 1.82) is 0 Å². The molecule has 0 aliphatic carbocycles. The van der Waals surface area contributed by atoms with E-state index in [-0.39, 0.29) is 0 Å². The lowest BCUT2D eigenvalue weighted by Gasteiger charge is -2.27. The topological polar surface area (TPSA) is 56.1 Å². The van der Waals surface area contributed by atoms with Crippen molar-refractivity contribution in [2.24, 2.45) is 0 Å². The molecule has 1 aromatic carbocycles. The van der Waals surface area contributed by atoms with Crippen LogP contribution in [0.2, 0.25) is 0 Å². The van der Waals surface area contributed by atoms with Gasteiger partial charge in [-0.05, 0) is 19.1 Å². The van der Waals surface area contributed by atoms with Crippen LogP contribution in [0.25, 0.3) is 16.7 Å². The molecule has 3 aromatic rings. The van der Waals surface area contributed by atoms with Gasteiger partial charge < -0.3 is 9.64 Å². The van der Waals surface area contributed by atoms with E-state index in [1.807, 2.05) is 10.9 Å². The zero-order valence-corrected chi connectivity index (χ0v) is 12.4. The Morgan fingerprint density at radius 2 is 1.82 bits per heavy atom. The van der Waals surface area contributed by atoms with Gasteiger partial charge in [0.05, 0.1) is 30.5 Å². The summed E-state index contributed by atoms with van der Waals surface area (Å²) < 4.78 is 7.27. The molecule has 0 saturated carbocycles. The van der Waals surface area contributed by atoms with Crippen LogP contribution in [0.4, 0.5) is 5.82 Å². The van der Waals surface area contributed by atoms with Gasteiger partial charge in [0.2, 0.25) is 0 Å². The quantitative estimate of drug-likeness (QED) is 0.723. The lowest BCUT2D eigenvalue weighted by Crippen LogP contribution is -2.36. The van der Waals surface area contributed by atoms with E-state index >= 15 is 0 Å². The lowest BCUT2D eigenvalue weighted by atomic mass is 10.2. The summed E-state index contributed by atoms with van der Waals surface area (Å²) in [7, 11) is 0. The standard InChI is InChI=1S/C16H17N5O/c1-12-2-4-13(5-3-12)21-16-14(10-19-21)15(17-11-18-16)20-6-8-22-9-7-20/h2-5,10-11H,6-9H2,1H3. The first-order valence-electron chi connectivity index (χ1n) is 7.41. The van der Waals surface area contributed by atoms with Crippen LogP contribution in [0.1, 0.15) is 5.56 Å². The number of anilines is 1. The molecule has 1 aliphatic rings. The number of morpholine rings is 1. The molecule has 0 radical (unpaired) electrons. The van der Waals surface area contributed by atoms with E-state index in [1.54, 1.807) is 6.33 Å². The molecule has 3 heterocycles. The van der Waals surface area contributed by atoms with Gasteiger partial charge in [-0.2, -0.15) is 5.10 Å². The SMILES string of the molecule is Cc1ccc(-n2ncc3c(N4CCOCC4)ncnc32)cc1. The molecule has 0 unspecified atom stereocenters. The minimum absolute atomic E-state index is 0.734. The maximum atomic E-state index is 5.41. The Bertz CT molecular complexity index is 790. The summed E-state index contributed by atoms with van der Waals surface area (Å²) >= 11 is 0. The van der Waals surface area contributed by atoms with Gasteiger partial charge in [0.15, 0.2) is 5.65 Å². The number of nitrogens with zero attached hydrogens (tertiary/aromatic N) is 5. The van der Waals surface area contributed by atoms with Crippen molar-refractivity contribution in [2.75, 3.05) is 31.2 Å². The fourth-order valence-electron chi connectivity index (χ4n) is 2.73. The van der Waals surface area contributed by atoms with Crippen molar-refractivity contribution in [3.63, 3.8) is 0 Å². The Morgan fingerprint density at radius 3 is 2.59 bits per heavy atom. The van der Waals surface area contributed by atoms with Crippen molar-refractivity contribution in [1.82, 2.24) is 19.7 Å². The largest absolute Gasteiger partial charge is 0.378 e. The highest BCUT2D eigenvalue weighted by Crippen LogP contribution is 2.25. The number of hydrogen-bond donors (Lipinski definition) is 0. The fourth-order valence-corrected chi connectivity index (χ4v) is 2.73. The molecular formula is C16H17N5O. The molecule has 1 fully saturated rings. The molecule has 0 N–H and O–H groups in total. The van der Waals surface area contributed by atoms with E-state index in [4.69, 9.17) is 4.74 Å². The number of ether oxygens (including phenoxy) is 1. The summed E-state index contributed by atoms with van der Waals surface area (Å²) in [5.74, 6) is 0.937. The molecule has 1 aliphatic heterocycles. The molecule has 2 aromatic heterocycles. The number of rotatable bonds is 2. The van der Waals surface area contributed by atoms with Crippen LogP contribution in [0, 0.1) is 6.92 Å². The van der Waals surface area contributed by atoms with Crippen LogP contribution in [-0.4, -0.2) is 46.1 Å². The number of benzene rings is 1. The first-order chi connectivity index (χ1) is 10.8. The predicted molar refractivity (Wildman–Crippen MR) is 84.4 cm³/mol. The molecule has 6 nitrogen and oxygen atoms in total. The highest BCUT2D eigenvalue weighted by Gasteiger charge is 2.18. The third-order valence-electron chi connectivity index (χ3n) is 3.93. The van der Waals surface area contributed by atoms with E-state index < -0.39 is 0 Å². The van der Waals surface area contributed by atoms with Crippen LogP contribution < -0.4 is 4.90 Å². The van der Waals surface area contributed by atoms with E-state index in [9.17, 15) is 0 Å². The molecule has 0 amide bonds. The number of fused-ring (bicyclic) bond motifs is 1. The average Bonchev–Trinajstić information content (AvgIpc) is 3.00. The van der Waals surface area contributed by atoms with Crippen LogP contribution in [0.3, 0.4) is 0 Å². The summed E-state index contributed by atoms with van der Waals surface area (Å²) in [4.78, 5) is 11.1. The molecule has 112 valence electrons. The van der Waals surface area contributed by atoms with E-state index in [2.05, 4.69) is 51.2 Å². The average molecular weight is 295 g/mol. The van der Waals surface area contributed by atoms with Gasteiger partial charge in [0, 0.05) is 13.1 Å². The van der Waals surface area contributed by atoms with Gasteiger partial charge in [0.1, 0.15) is 12.1 Å². The molecular weight excluding hydrogens is 278 g/mol. The van der Waals surface area contributed by atoms with Crippen LogP contribution in [0.15, 0.2) is 36.8 Å². The Balaban J connectivity index is 1.80. The van der Waals surface area contributed by atoms with Crippen molar-refractivity contribution in [3.8, 4) is 5.69 Å². The fraction of sp³-hybridized carbons (Fsp3) is 0.312. The molecule has 0 atom stereocenters. The number of aryl methyl sites for hydroxylation is 1. The predicted octanol–water partition coefficient (Wildman–Crippen LogP) is 1.96. The molecule has 22 heavy (non-hydrogen) atoms. The summed E-state index contributed by atoms with van der Waals surface area (Å²) in [6.07, 6.45) is 3.46. The monoisotopic (exact) mass is 295 g/mol. The second kappa shape index (κ2) is 5.38. The first-order valence-corrected chi connectivity index (χ1v) is 7.41. The highest BCUT2D eigenvalue weighted by atomic mass is 16.5. The Hall–Kier alpha value is -2.47. The van der Waals surface area contributed by atoms with Gasteiger partial charge in [0.25, 0.3) is 0 Å². The summed E-state index contributed by atoms with van der Waals surface area (Å²) in [5, 5.41) is 5.48. The van der Waals surface area contributed by atoms with E-state index in [0.717, 1.165) is 48.8 Å². The number of hydrogen-bond acceptors (Lipinski definition) is 5. The van der Waals surface area contributed by atoms with Crippen molar-refractivity contribution >= 4 is 16.9 Å². The van der Waals surface area contributed by atoms with Gasteiger partial charge >= 0.3 is 0 Å². The van der Waals surface area contributed by atoms with Crippen LogP contribution >= 0.6 is 0 Å². The molecule has 0 bridgehead atoms. The molecule has 4 rings (SSSR count). The Labute approximate surface area is 128 Å². The maximum Gasteiger partial charge on any atom is 0.168 e. The van der Waals surface area contributed by atoms with Crippen LogP contribution in [-0.2, 0) is 4.74 Å².